The van der Waals surface area contributed by atoms with E-state index in [9.17, 15) is 0 Å². The van der Waals surface area contributed by atoms with Crippen molar-refractivity contribution in [2.45, 2.75) is 26.4 Å². The largest absolute Gasteiger partial charge is 0.352 e. The Kier molecular flexibility index (Phi) is 4.92. The van der Waals surface area contributed by atoms with Gasteiger partial charge in [0.05, 0.1) is 0 Å². The summed E-state index contributed by atoms with van der Waals surface area (Å²) in [5.74, 6) is 0.847. The van der Waals surface area contributed by atoms with Crippen molar-refractivity contribution < 1.29 is 0 Å². The molecule has 0 saturated carbocycles. The molecule has 2 aromatic rings. The first-order chi connectivity index (χ1) is 9.52. The molecule has 2 N–H and O–H groups in total. The molecule has 6 nitrogen and oxygen atoms in total. The van der Waals surface area contributed by atoms with Gasteiger partial charge in [0.1, 0.15) is 5.15 Å². The van der Waals surface area contributed by atoms with E-state index in [2.05, 4.69) is 30.6 Å². The van der Waals surface area contributed by atoms with Gasteiger partial charge in [0.25, 0.3) is 0 Å². The van der Waals surface area contributed by atoms with Gasteiger partial charge < -0.3 is 10.6 Å². The van der Waals surface area contributed by atoms with Crippen molar-refractivity contribution in [2.75, 3.05) is 10.6 Å². The lowest BCUT2D eigenvalue weighted by Gasteiger charge is -2.10. The van der Waals surface area contributed by atoms with Crippen molar-refractivity contribution in [1.82, 2.24) is 19.9 Å². The van der Waals surface area contributed by atoms with Crippen molar-refractivity contribution >= 4 is 35.1 Å². The third-order valence-electron chi connectivity index (χ3n) is 2.27. The first-order valence-corrected chi connectivity index (χ1v) is 6.81. The Labute approximate surface area is 127 Å². The number of nitrogens with zero attached hydrogens (tertiary/aromatic N) is 4. The van der Waals surface area contributed by atoms with Gasteiger partial charge in [-0.2, -0.15) is 15.0 Å². The lowest BCUT2D eigenvalue weighted by Crippen LogP contribution is -2.14. The van der Waals surface area contributed by atoms with E-state index in [0.717, 1.165) is 5.56 Å². The molecule has 20 heavy (non-hydrogen) atoms. The maximum atomic E-state index is 5.86. The predicted octanol–water partition coefficient (Wildman–Crippen LogP) is 3.01. The van der Waals surface area contributed by atoms with Crippen molar-refractivity contribution in [1.29, 1.82) is 0 Å². The minimum Gasteiger partial charge on any atom is -0.352 e. The summed E-state index contributed by atoms with van der Waals surface area (Å²) in [6, 6.07) is 3.81. The van der Waals surface area contributed by atoms with Crippen LogP contribution in [0.4, 0.5) is 11.9 Å². The van der Waals surface area contributed by atoms with Crippen LogP contribution < -0.4 is 10.6 Å². The van der Waals surface area contributed by atoms with E-state index in [4.69, 9.17) is 23.2 Å². The van der Waals surface area contributed by atoms with Crippen LogP contribution in [-0.4, -0.2) is 26.0 Å². The van der Waals surface area contributed by atoms with Crippen LogP contribution in [0.5, 0.6) is 0 Å². The van der Waals surface area contributed by atoms with Crippen LogP contribution >= 0.6 is 23.2 Å². The number of halogens is 2. The van der Waals surface area contributed by atoms with Gasteiger partial charge in [0.2, 0.25) is 17.2 Å². The third kappa shape index (κ3) is 4.47. The lowest BCUT2D eigenvalue weighted by molar-refractivity contribution is 0.865. The maximum absolute atomic E-state index is 5.86. The van der Waals surface area contributed by atoms with E-state index in [1.165, 1.54) is 0 Å². The van der Waals surface area contributed by atoms with Crippen LogP contribution in [0.15, 0.2) is 18.3 Å². The third-order valence-corrected chi connectivity index (χ3v) is 2.66. The normalized spacial score (nSPS) is 10.7. The monoisotopic (exact) mass is 312 g/mol. The number of rotatable bonds is 5. The van der Waals surface area contributed by atoms with Gasteiger partial charge in [0, 0.05) is 18.8 Å². The summed E-state index contributed by atoms with van der Waals surface area (Å²) >= 11 is 11.6. The molecule has 0 spiro atoms. The van der Waals surface area contributed by atoms with Crippen LogP contribution in [0.25, 0.3) is 0 Å². The Morgan fingerprint density at radius 3 is 2.50 bits per heavy atom. The Hall–Kier alpha value is -1.66. The second-order valence-electron chi connectivity index (χ2n) is 4.39. The highest BCUT2D eigenvalue weighted by atomic mass is 35.5. The molecule has 106 valence electrons. The van der Waals surface area contributed by atoms with Gasteiger partial charge in [0.15, 0.2) is 0 Å². The second-order valence-corrected chi connectivity index (χ2v) is 5.12. The molecule has 0 unspecified atom stereocenters. The zero-order valence-corrected chi connectivity index (χ0v) is 12.6. The molecule has 2 rings (SSSR count). The van der Waals surface area contributed by atoms with Crippen LogP contribution in [0.2, 0.25) is 10.4 Å². The summed E-state index contributed by atoms with van der Waals surface area (Å²) in [7, 11) is 0. The molecule has 0 aliphatic carbocycles. The van der Waals surface area contributed by atoms with Crippen LogP contribution in [0.1, 0.15) is 19.4 Å². The fourth-order valence-electron chi connectivity index (χ4n) is 1.44. The number of pyridine rings is 1. The molecule has 0 amide bonds. The molecular formula is C12H14Cl2N6. The fraction of sp³-hybridized carbons (Fsp3) is 0.333. The SMILES string of the molecule is CC(C)Nc1nc(Cl)nc(NCc2ccc(Cl)nc2)n1. The molecule has 0 radical (unpaired) electrons. The van der Waals surface area contributed by atoms with E-state index in [-0.39, 0.29) is 11.3 Å². The fourth-order valence-corrected chi connectivity index (χ4v) is 1.72. The molecule has 0 bridgehead atoms. The zero-order valence-electron chi connectivity index (χ0n) is 11.1. The average Bonchev–Trinajstić information content (AvgIpc) is 2.36. The molecule has 0 fully saturated rings. The van der Waals surface area contributed by atoms with E-state index in [1.807, 2.05) is 19.9 Å². The van der Waals surface area contributed by atoms with E-state index < -0.39 is 0 Å². The van der Waals surface area contributed by atoms with Gasteiger partial charge in [-0.1, -0.05) is 17.7 Å². The summed E-state index contributed by atoms with van der Waals surface area (Å²) in [4.78, 5) is 16.3. The molecule has 2 heterocycles. The molecule has 2 aromatic heterocycles. The van der Waals surface area contributed by atoms with Crippen molar-refractivity contribution in [3.63, 3.8) is 0 Å². The van der Waals surface area contributed by atoms with E-state index >= 15 is 0 Å². The molecule has 0 aliphatic rings. The average molecular weight is 313 g/mol. The topological polar surface area (TPSA) is 75.6 Å². The number of aromatic nitrogens is 4. The van der Waals surface area contributed by atoms with Crippen molar-refractivity contribution in [3.8, 4) is 0 Å². The number of anilines is 2. The first-order valence-electron chi connectivity index (χ1n) is 6.05. The summed E-state index contributed by atoms with van der Waals surface area (Å²) in [5, 5.41) is 6.74. The van der Waals surface area contributed by atoms with Gasteiger partial charge in [-0.15, -0.1) is 0 Å². The number of hydrogen-bond acceptors (Lipinski definition) is 6. The molecule has 0 aromatic carbocycles. The summed E-state index contributed by atoms with van der Waals surface area (Å²) in [6.07, 6.45) is 1.69. The van der Waals surface area contributed by atoms with Gasteiger partial charge in [-0.3, -0.25) is 0 Å². The minimum atomic E-state index is 0.139. The quantitative estimate of drug-likeness (QED) is 0.827. The van der Waals surface area contributed by atoms with Crippen LogP contribution in [0.3, 0.4) is 0 Å². The lowest BCUT2D eigenvalue weighted by atomic mass is 10.3. The molecule has 0 aliphatic heterocycles. The smallest absolute Gasteiger partial charge is 0.229 e. The second kappa shape index (κ2) is 6.67. The van der Waals surface area contributed by atoms with Crippen LogP contribution in [-0.2, 0) is 6.54 Å². The molecule has 0 atom stereocenters. The number of nitrogens with one attached hydrogen (secondary N) is 2. The Morgan fingerprint density at radius 1 is 1.10 bits per heavy atom. The van der Waals surface area contributed by atoms with Gasteiger partial charge in [-0.05, 0) is 37.1 Å². The van der Waals surface area contributed by atoms with Gasteiger partial charge >= 0.3 is 0 Å². The van der Waals surface area contributed by atoms with Crippen LogP contribution in [0, 0.1) is 0 Å². The van der Waals surface area contributed by atoms with Crippen molar-refractivity contribution in [2.24, 2.45) is 0 Å². The van der Waals surface area contributed by atoms with E-state index in [0.29, 0.717) is 23.6 Å². The highest BCUT2D eigenvalue weighted by Gasteiger charge is 2.06. The summed E-state index contributed by atoms with van der Waals surface area (Å²) in [5.41, 5.74) is 0.962. The highest BCUT2D eigenvalue weighted by Crippen LogP contribution is 2.12. The highest BCUT2D eigenvalue weighted by molar-refractivity contribution is 6.29. The standard InChI is InChI=1S/C12H14Cl2N6/c1-7(2)17-12-19-10(14)18-11(20-12)16-6-8-3-4-9(13)15-5-8/h3-5,7H,6H2,1-2H3,(H2,16,17,18,19,20). The molecular weight excluding hydrogens is 299 g/mol. The molecule has 8 heteroatoms. The summed E-state index contributed by atoms with van der Waals surface area (Å²) < 4.78 is 0. The predicted molar refractivity (Wildman–Crippen MR) is 80.2 cm³/mol. The van der Waals surface area contributed by atoms with Crippen molar-refractivity contribution in [3.05, 3.63) is 34.3 Å². The Morgan fingerprint density at radius 2 is 1.85 bits per heavy atom. The maximum Gasteiger partial charge on any atom is 0.229 e. The van der Waals surface area contributed by atoms with Gasteiger partial charge in [-0.25, -0.2) is 4.98 Å². The van der Waals surface area contributed by atoms with E-state index in [1.54, 1.807) is 12.3 Å². The molecule has 0 saturated heterocycles. The summed E-state index contributed by atoms with van der Waals surface area (Å²) in [6.45, 7) is 4.50. The first kappa shape index (κ1) is 14.7. The zero-order chi connectivity index (χ0) is 14.5. The minimum absolute atomic E-state index is 0.139. The Balaban J connectivity index is 2.05. The number of hydrogen-bond donors (Lipinski definition) is 2. The Bertz CT molecular complexity index is 573.